The summed E-state index contributed by atoms with van der Waals surface area (Å²) in [5.74, 6) is 0.988. The molecule has 0 N–H and O–H groups in total. The maximum atomic E-state index is 5.51. The average molecular weight is 362 g/mol. The largest absolute Gasteiger partial charge is 0.436 e. The fourth-order valence-corrected chi connectivity index (χ4v) is 2.68. The van der Waals surface area contributed by atoms with Crippen LogP contribution in [-0.2, 0) is 6.42 Å². The molecule has 1 heterocycles. The lowest BCUT2D eigenvalue weighted by molar-refractivity contribution is 0.488. The van der Waals surface area contributed by atoms with Gasteiger partial charge in [-0.3, -0.25) is 0 Å². The van der Waals surface area contributed by atoms with E-state index in [0.29, 0.717) is 0 Å². The van der Waals surface area contributed by atoms with Gasteiger partial charge in [0, 0.05) is 39.0 Å². The van der Waals surface area contributed by atoms with Gasteiger partial charge < -0.3 is 4.42 Å². The van der Waals surface area contributed by atoms with E-state index in [1.807, 2.05) is 6.07 Å². The molecule has 1 aromatic carbocycles. The third kappa shape index (κ3) is 1.24. The fourth-order valence-electron chi connectivity index (χ4n) is 1.77. The Kier molecular flexibility index (Phi) is 1.95. The van der Waals surface area contributed by atoms with Crippen LogP contribution in [0.3, 0.4) is 0 Å². The Bertz CT molecular complexity index is 521. The van der Waals surface area contributed by atoms with E-state index in [2.05, 4.69) is 55.6 Å². The topological polar surface area (TPSA) is 26.0 Å². The number of rotatable bonds is 0. The number of aromatic nitrogens is 1. The van der Waals surface area contributed by atoms with Crippen LogP contribution < -0.4 is 0 Å². The summed E-state index contributed by atoms with van der Waals surface area (Å²) in [5.41, 5.74) is 3.50. The van der Waals surface area contributed by atoms with Crippen molar-refractivity contribution in [1.29, 1.82) is 0 Å². The van der Waals surface area contributed by atoms with Crippen LogP contribution in [0.5, 0.6) is 0 Å². The smallest absolute Gasteiger partial charge is 0.257 e. The molecule has 14 heavy (non-hydrogen) atoms. The third-order valence-electron chi connectivity index (χ3n) is 2.34. The molecule has 2 nitrogen and oxygen atoms in total. The SMILES string of the molecule is Brc1ccc2c(c1)Cc1oc(I)nc1-2. The zero-order chi connectivity index (χ0) is 9.71. The highest BCUT2D eigenvalue weighted by Gasteiger charge is 2.24. The van der Waals surface area contributed by atoms with Gasteiger partial charge in [-0.2, -0.15) is 0 Å². The summed E-state index contributed by atoms with van der Waals surface area (Å²) in [6.45, 7) is 0. The quantitative estimate of drug-likeness (QED) is 0.572. The Balaban J connectivity index is 2.25. The summed E-state index contributed by atoms with van der Waals surface area (Å²) in [4.78, 5) is 4.37. The van der Waals surface area contributed by atoms with Crippen LogP contribution in [0.1, 0.15) is 11.3 Å². The molecular formula is C10H5BrINO. The first-order valence-corrected chi connectivity index (χ1v) is 6.05. The van der Waals surface area contributed by atoms with E-state index in [9.17, 15) is 0 Å². The molecule has 0 aliphatic heterocycles. The van der Waals surface area contributed by atoms with Crippen molar-refractivity contribution >= 4 is 38.5 Å². The highest BCUT2D eigenvalue weighted by Crippen LogP contribution is 2.37. The molecule has 0 amide bonds. The monoisotopic (exact) mass is 361 g/mol. The fraction of sp³-hybridized carbons (Fsp3) is 0.100. The number of hydrogen-bond acceptors (Lipinski definition) is 2. The van der Waals surface area contributed by atoms with Crippen LogP contribution in [0, 0.1) is 3.90 Å². The predicted octanol–water partition coefficient (Wildman–Crippen LogP) is 3.61. The summed E-state index contributed by atoms with van der Waals surface area (Å²) in [5, 5.41) is 0. The summed E-state index contributed by atoms with van der Waals surface area (Å²) < 4.78 is 7.34. The number of hydrogen-bond donors (Lipinski definition) is 0. The van der Waals surface area contributed by atoms with Crippen LogP contribution in [0.25, 0.3) is 11.3 Å². The van der Waals surface area contributed by atoms with Gasteiger partial charge in [-0.15, -0.1) is 0 Å². The number of halogens is 2. The van der Waals surface area contributed by atoms with E-state index >= 15 is 0 Å². The van der Waals surface area contributed by atoms with Gasteiger partial charge in [-0.1, -0.05) is 22.0 Å². The van der Waals surface area contributed by atoms with Gasteiger partial charge in [0.15, 0.2) is 0 Å². The minimum atomic E-state index is 0.723. The second-order valence-corrected chi connectivity index (χ2v) is 5.06. The highest BCUT2D eigenvalue weighted by atomic mass is 127. The molecule has 1 aliphatic rings. The molecule has 0 atom stereocenters. The maximum absolute atomic E-state index is 5.51. The van der Waals surface area contributed by atoms with E-state index < -0.39 is 0 Å². The molecule has 70 valence electrons. The predicted molar refractivity (Wildman–Crippen MR) is 65.2 cm³/mol. The van der Waals surface area contributed by atoms with Crippen LogP contribution in [-0.4, -0.2) is 4.98 Å². The first kappa shape index (κ1) is 8.91. The summed E-state index contributed by atoms with van der Waals surface area (Å²) >= 11 is 5.56. The van der Waals surface area contributed by atoms with E-state index in [-0.39, 0.29) is 0 Å². The van der Waals surface area contributed by atoms with Crippen LogP contribution >= 0.6 is 38.5 Å². The van der Waals surface area contributed by atoms with Crippen molar-refractivity contribution in [3.63, 3.8) is 0 Å². The Morgan fingerprint density at radius 1 is 1.43 bits per heavy atom. The average Bonchev–Trinajstić information content (AvgIpc) is 2.59. The normalized spacial score (nSPS) is 12.7. The molecule has 1 aromatic heterocycles. The van der Waals surface area contributed by atoms with Gasteiger partial charge in [0.25, 0.3) is 3.90 Å². The first-order valence-electron chi connectivity index (χ1n) is 4.18. The maximum Gasteiger partial charge on any atom is 0.257 e. The lowest BCUT2D eigenvalue weighted by Gasteiger charge is -1.98. The molecule has 0 radical (unpaired) electrons. The minimum absolute atomic E-state index is 0.723. The zero-order valence-electron chi connectivity index (χ0n) is 7.05. The molecule has 1 aliphatic carbocycles. The zero-order valence-corrected chi connectivity index (χ0v) is 10.8. The van der Waals surface area contributed by atoms with Crippen LogP contribution in [0.15, 0.2) is 27.1 Å². The highest BCUT2D eigenvalue weighted by molar-refractivity contribution is 14.1. The standard InChI is InChI=1S/C10H5BrINO/c11-6-1-2-7-5(3-6)4-8-9(7)13-10(12)14-8/h1-3H,4H2. The number of oxazole rings is 1. The molecular weight excluding hydrogens is 357 g/mol. The van der Waals surface area contributed by atoms with Gasteiger partial charge in [0.2, 0.25) is 0 Å². The summed E-state index contributed by atoms with van der Waals surface area (Å²) in [7, 11) is 0. The summed E-state index contributed by atoms with van der Waals surface area (Å²) in [6.07, 6.45) is 0.861. The first-order chi connectivity index (χ1) is 6.74. The number of nitrogens with zero attached hydrogens (tertiary/aromatic N) is 1. The Hall–Kier alpha value is -0.360. The van der Waals surface area contributed by atoms with E-state index in [4.69, 9.17) is 4.42 Å². The minimum Gasteiger partial charge on any atom is -0.436 e. The van der Waals surface area contributed by atoms with Gasteiger partial charge in [0.05, 0.1) is 0 Å². The van der Waals surface area contributed by atoms with Crippen molar-refractivity contribution in [1.82, 2.24) is 4.98 Å². The Morgan fingerprint density at radius 2 is 2.29 bits per heavy atom. The van der Waals surface area contributed by atoms with E-state index in [1.54, 1.807) is 0 Å². The van der Waals surface area contributed by atoms with Crippen molar-refractivity contribution in [2.75, 3.05) is 0 Å². The number of fused-ring (bicyclic) bond motifs is 3. The van der Waals surface area contributed by atoms with Gasteiger partial charge in [-0.05, 0) is 17.7 Å². The second kappa shape index (κ2) is 3.06. The number of benzene rings is 1. The van der Waals surface area contributed by atoms with Crippen molar-refractivity contribution < 1.29 is 4.42 Å². The molecule has 0 spiro atoms. The van der Waals surface area contributed by atoms with E-state index in [1.165, 1.54) is 11.1 Å². The molecule has 3 rings (SSSR count). The molecule has 0 unspecified atom stereocenters. The molecule has 4 heteroatoms. The van der Waals surface area contributed by atoms with Gasteiger partial charge in [0.1, 0.15) is 11.5 Å². The molecule has 0 saturated heterocycles. The lowest BCUT2D eigenvalue weighted by atomic mass is 10.1. The van der Waals surface area contributed by atoms with Gasteiger partial charge >= 0.3 is 0 Å². The van der Waals surface area contributed by atoms with Crippen LogP contribution in [0.2, 0.25) is 0 Å². The van der Waals surface area contributed by atoms with Crippen molar-refractivity contribution in [3.8, 4) is 11.3 Å². The summed E-state index contributed by atoms with van der Waals surface area (Å²) in [6, 6.07) is 6.25. The molecule has 0 bridgehead atoms. The third-order valence-corrected chi connectivity index (χ3v) is 3.30. The molecule has 2 aromatic rings. The lowest BCUT2D eigenvalue weighted by Crippen LogP contribution is -1.81. The van der Waals surface area contributed by atoms with Crippen molar-refractivity contribution in [2.24, 2.45) is 0 Å². The molecule has 0 saturated carbocycles. The Labute approximate surface area is 103 Å². The Morgan fingerprint density at radius 3 is 3.14 bits per heavy atom. The van der Waals surface area contributed by atoms with Gasteiger partial charge in [-0.25, -0.2) is 4.98 Å². The van der Waals surface area contributed by atoms with Crippen LogP contribution in [0.4, 0.5) is 0 Å². The second-order valence-electron chi connectivity index (χ2n) is 3.22. The van der Waals surface area contributed by atoms with Crippen molar-refractivity contribution in [3.05, 3.63) is 37.9 Å². The van der Waals surface area contributed by atoms with E-state index in [0.717, 1.165) is 26.2 Å². The molecule has 0 fully saturated rings. The van der Waals surface area contributed by atoms with Crippen molar-refractivity contribution in [2.45, 2.75) is 6.42 Å².